The Labute approximate surface area is 301 Å². The van der Waals surface area contributed by atoms with Crippen LogP contribution in [0.5, 0.6) is 17.2 Å². The first-order valence-corrected chi connectivity index (χ1v) is 17.8. The normalized spacial score (nSPS) is 31.0. The van der Waals surface area contributed by atoms with Crippen molar-refractivity contribution in [2.75, 3.05) is 47.4 Å². The summed E-state index contributed by atoms with van der Waals surface area (Å²) in [6, 6.07) is 4.36. The lowest BCUT2D eigenvalue weighted by Gasteiger charge is -2.44. The smallest absolute Gasteiger partial charge is 0.254 e. The highest BCUT2D eigenvalue weighted by Crippen LogP contribution is 2.53. The number of rotatable bonds is 9. The number of benzene rings is 2. The van der Waals surface area contributed by atoms with Crippen LogP contribution in [0.25, 0.3) is 0 Å². The number of aromatic hydroxyl groups is 2. The van der Waals surface area contributed by atoms with E-state index < -0.39 is 83.1 Å². The molecule has 5 aliphatic rings. The molecule has 0 unspecified atom stereocenters. The van der Waals surface area contributed by atoms with Gasteiger partial charge in [0.15, 0.2) is 24.6 Å². The van der Waals surface area contributed by atoms with Crippen LogP contribution in [0, 0.1) is 0 Å². The number of hydrogen-bond donors (Lipinski definition) is 4. The molecule has 3 aliphatic heterocycles. The summed E-state index contributed by atoms with van der Waals surface area (Å²) in [5.41, 5.74) is -3.03. The Balaban J connectivity index is 1.28. The van der Waals surface area contributed by atoms with Gasteiger partial charge < -0.3 is 54.0 Å². The van der Waals surface area contributed by atoms with Crippen molar-refractivity contribution in [1.29, 1.82) is 0 Å². The zero-order valence-electron chi connectivity index (χ0n) is 30.2. The van der Waals surface area contributed by atoms with Crippen molar-refractivity contribution < 1.29 is 58.1 Å². The second kappa shape index (κ2) is 14.0. The molecule has 0 bridgehead atoms. The van der Waals surface area contributed by atoms with Gasteiger partial charge in [-0.15, -0.1) is 0 Å². The maximum atomic E-state index is 14.1. The number of nitrogens with zero attached hydrogens (tertiary/aromatic N) is 2. The molecule has 3 saturated heterocycles. The van der Waals surface area contributed by atoms with E-state index >= 15 is 0 Å². The van der Waals surface area contributed by atoms with E-state index in [1.165, 1.54) is 24.1 Å². The van der Waals surface area contributed by atoms with Gasteiger partial charge in [0.1, 0.15) is 29.0 Å². The number of morpholine rings is 1. The molecule has 8 atom stereocenters. The van der Waals surface area contributed by atoms with E-state index in [9.17, 15) is 29.7 Å². The minimum absolute atomic E-state index is 0.00166. The molecule has 15 heteroatoms. The Hall–Kier alpha value is -3.67. The fraction of sp³-hybridized carbons (Fsp3) is 0.595. The van der Waals surface area contributed by atoms with Crippen LogP contribution in [0.2, 0.25) is 0 Å². The lowest BCUT2D eigenvalue weighted by molar-refractivity contribution is -0.269. The Morgan fingerprint density at radius 2 is 1.88 bits per heavy atom. The predicted octanol–water partition coefficient (Wildman–Crippen LogP) is 1.61. The van der Waals surface area contributed by atoms with Crippen molar-refractivity contribution in [3.8, 4) is 17.2 Å². The molecule has 1 amide bonds. The molecule has 282 valence electrons. The van der Waals surface area contributed by atoms with Gasteiger partial charge in [-0.25, -0.2) is 0 Å². The second-order valence-corrected chi connectivity index (χ2v) is 14.5. The molecule has 4 N–H and O–H groups in total. The van der Waals surface area contributed by atoms with E-state index in [0.29, 0.717) is 26.1 Å². The molecule has 3 fully saturated rings. The first kappa shape index (κ1) is 36.7. The van der Waals surface area contributed by atoms with Gasteiger partial charge >= 0.3 is 0 Å². The summed E-state index contributed by atoms with van der Waals surface area (Å²) in [5.74, 6) is -3.11. The van der Waals surface area contributed by atoms with Gasteiger partial charge in [0.2, 0.25) is 5.78 Å². The van der Waals surface area contributed by atoms with Crippen molar-refractivity contribution in [3.05, 3.63) is 51.6 Å². The molecule has 2 aromatic carbocycles. The van der Waals surface area contributed by atoms with Crippen LogP contribution in [0.15, 0.2) is 18.2 Å². The minimum Gasteiger partial charge on any atom is -0.507 e. The molecular weight excluding hydrogens is 678 g/mol. The van der Waals surface area contributed by atoms with E-state index in [1.54, 1.807) is 20.2 Å². The number of methoxy groups -OCH3 is 1. The van der Waals surface area contributed by atoms with E-state index in [2.05, 4.69) is 10.2 Å². The van der Waals surface area contributed by atoms with Crippen LogP contribution in [0.3, 0.4) is 0 Å². The molecule has 3 heterocycles. The van der Waals surface area contributed by atoms with Crippen LogP contribution < -0.4 is 10.1 Å². The number of likely N-dealkylation sites (N-methyl/N-ethyl adjacent to an activating group) is 2. The zero-order valence-corrected chi connectivity index (χ0v) is 30.2. The van der Waals surface area contributed by atoms with Crippen LogP contribution in [0.1, 0.15) is 82.7 Å². The maximum absolute atomic E-state index is 14.1. The molecule has 2 aliphatic carbocycles. The van der Waals surface area contributed by atoms with Crippen molar-refractivity contribution >= 4 is 17.5 Å². The van der Waals surface area contributed by atoms with Gasteiger partial charge in [-0.2, -0.15) is 0 Å². The van der Waals surface area contributed by atoms with E-state index in [-0.39, 0.29) is 59.2 Å². The Morgan fingerprint density at radius 3 is 2.60 bits per heavy atom. The fourth-order valence-electron chi connectivity index (χ4n) is 8.42. The highest BCUT2D eigenvalue weighted by atomic mass is 16.7. The Morgan fingerprint density at radius 1 is 1.13 bits per heavy atom. The molecule has 0 aromatic heterocycles. The number of fused-ring (bicyclic) bond motifs is 6. The van der Waals surface area contributed by atoms with Gasteiger partial charge in [0, 0.05) is 68.7 Å². The number of ketones is 2. The lowest BCUT2D eigenvalue weighted by Crippen LogP contribution is -2.56. The van der Waals surface area contributed by atoms with Crippen molar-refractivity contribution in [2.24, 2.45) is 0 Å². The molecule has 2 aromatic rings. The van der Waals surface area contributed by atoms with Gasteiger partial charge in [0.25, 0.3) is 5.91 Å². The Kier molecular flexibility index (Phi) is 9.84. The average molecular weight is 726 g/mol. The zero-order chi connectivity index (χ0) is 37.2. The molecule has 52 heavy (non-hydrogen) atoms. The quantitative estimate of drug-likeness (QED) is 0.233. The number of amides is 1. The summed E-state index contributed by atoms with van der Waals surface area (Å²) >= 11 is 0. The SMILES string of the molecule is CNCCN(C)C(=O)[C@]1(O)Cc2c(O)c3c(c(O)c2[C@@H](O[C@H]2C[C@H]4[C@H](O[C@@H]5[C@@H](OC(C)C)OCCN54)[C@H](C)O2)C1)C(=O)c1c(OC)cccc1C3=O. The topological polar surface area (TPSA) is 186 Å². The number of hydrogen-bond acceptors (Lipinski definition) is 14. The van der Waals surface area contributed by atoms with E-state index in [4.69, 9.17) is 28.4 Å². The lowest BCUT2D eigenvalue weighted by atomic mass is 9.72. The monoisotopic (exact) mass is 725 g/mol. The molecule has 7 rings (SSSR count). The Bertz CT molecular complexity index is 1770. The fourth-order valence-corrected chi connectivity index (χ4v) is 8.42. The van der Waals surface area contributed by atoms with E-state index in [1.807, 2.05) is 20.8 Å². The van der Waals surface area contributed by atoms with Crippen molar-refractivity contribution in [2.45, 2.75) is 94.9 Å². The molecular formula is C37H47N3O12. The third-order valence-electron chi connectivity index (χ3n) is 10.8. The average Bonchev–Trinajstić information content (AvgIpc) is 3.50. The summed E-state index contributed by atoms with van der Waals surface area (Å²) in [6.07, 6.45) is -4.55. The number of phenols is 2. The maximum Gasteiger partial charge on any atom is 0.254 e. The number of nitrogens with one attached hydrogen (secondary N) is 1. The summed E-state index contributed by atoms with van der Waals surface area (Å²) in [7, 11) is 4.66. The third-order valence-corrected chi connectivity index (χ3v) is 10.8. The van der Waals surface area contributed by atoms with Crippen LogP contribution >= 0.6 is 0 Å². The summed E-state index contributed by atoms with van der Waals surface area (Å²) < 4.78 is 36.7. The van der Waals surface area contributed by atoms with Gasteiger partial charge in [-0.05, 0) is 33.9 Å². The van der Waals surface area contributed by atoms with Crippen molar-refractivity contribution in [1.82, 2.24) is 15.1 Å². The number of aliphatic hydroxyl groups is 1. The number of ether oxygens (including phenoxy) is 6. The van der Waals surface area contributed by atoms with Gasteiger partial charge in [-0.1, -0.05) is 12.1 Å². The first-order valence-electron chi connectivity index (χ1n) is 17.8. The highest BCUT2D eigenvalue weighted by molar-refractivity contribution is 6.31. The second-order valence-electron chi connectivity index (χ2n) is 14.5. The van der Waals surface area contributed by atoms with Crippen LogP contribution in [-0.2, 0) is 34.9 Å². The van der Waals surface area contributed by atoms with Gasteiger partial charge in [-0.3, -0.25) is 19.3 Å². The summed E-state index contributed by atoms with van der Waals surface area (Å²) in [6.45, 7) is 7.47. The number of carbonyl (C=O) groups is 3. The minimum atomic E-state index is -2.11. The molecule has 0 spiro atoms. The van der Waals surface area contributed by atoms with Crippen LogP contribution in [0.4, 0.5) is 0 Å². The largest absolute Gasteiger partial charge is 0.507 e. The summed E-state index contributed by atoms with van der Waals surface area (Å²) in [4.78, 5) is 45.5. The summed E-state index contributed by atoms with van der Waals surface area (Å²) in [5, 5.41) is 38.9. The third kappa shape index (κ3) is 5.97. The highest BCUT2D eigenvalue weighted by Gasteiger charge is 2.55. The van der Waals surface area contributed by atoms with Crippen molar-refractivity contribution in [3.63, 3.8) is 0 Å². The molecule has 0 radical (unpaired) electrons. The predicted molar refractivity (Wildman–Crippen MR) is 182 cm³/mol. The standard InChI is InChI=1S/C37H47N3O12/c1-17(2)49-35-34-40(12-13-48-35)21-14-24(50-18(3)33(21)52-34)51-23-16-37(46,36(45)39(5)11-10-38-4)15-20-26(23)32(44)28-27(30(20)42)29(41)19-8-7-9-22(47-6)25(19)31(28)43/h7-9,17-18,21,23-24,33-35,38,42,44,46H,10-16H2,1-6H3/t18-,21-,23-,24-,33+,34+,35+,37-/m0/s1. The van der Waals surface area contributed by atoms with Gasteiger partial charge in [0.05, 0.1) is 48.7 Å². The molecule has 15 nitrogen and oxygen atoms in total. The van der Waals surface area contributed by atoms with E-state index in [0.717, 1.165) is 0 Å². The molecule has 0 saturated carbocycles. The first-order chi connectivity index (χ1) is 24.8. The number of carbonyl (C=O) groups excluding carboxylic acids is 3. The number of phenolic OH excluding ortho intramolecular Hbond substituents is 2. The van der Waals surface area contributed by atoms with Crippen LogP contribution in [-0.4, -0.2) is 139 Å².